The van der Waals surface area contributed by atoms with Gasteiger partial charge in [0.1, 0.15) is 5.00 Å². The third-order valence-electron chi connectivity index (χ3n) is 4.67. The van der Waals surface area contributed by atoms with Crippen molar-refractivity contribution in [2.24, 2.45) is 0 Å². The third kappa shape index (κ3) is 4.07. The zero-order valence-electron chi connectivity index (χ0n) is 15.4. The number of anilines is 2. The van der Waals surface area contributed by atoms with Gasteiger partial charge in [0.05, 0.1) is 12.7 Å². The van der Waals surface area contributed by atoms with Crippen LogP contribution in [0.2, 0.25) is 0 Å². The van der Waals surface area contributed by atoms with Crippen molar-refractivity contribution in [1.82, 2.24) is 0 Å². The summed E-state index contributed by atoms with van der Waals surface area (Å²) in [5.74, 6) is -0.291. The minimum absolute atomic E-state index is 0.291. The van der Waals surface area contributed by atoms with Gasteiger partial charge in [-0.2, -0.15) is 0 Å². The Kier molecular flexibility index (Phi) is 5.94. The first-order chi connectivity index (χ1) is 12.5. The molecule has 4 nitrogen and oxygen atoms in total. The van der Waals surface area contributed by atoms with Gasteiger partial charge in [0, 0.05) is 10.6 Å². The molecule has 1 heterocycles. The van der Waals surface area contributed by atoms with E-state index in [4.69, 9.17) is 17.0 Å². The molecule has 0 spiro atoms. The molecular weight excluding hydrogens is 364 g/mol. The van der Waals surface area contributed by atoms with E-state index in [2.05, 4.69) is 23.6 Å². The van der Waals surface area contributed by atoms with Crippen molar-refractivity contribution in [2.75, 3.05) is 17.7 Å². The fourth-order valence-electron chi connectivity index (χ4n) is 3.36. The number of benzene rings is 1. The molecule has 26 heavy (non-hydrogen) atoms. The third-order valence-corrected chi connectivity index (χ3v) is 6.08. The smallest absolute Gasteiger partial charge is 0.341 e. The van der Waals surface area contributed by atoms with Crippen LogP contribution in [0, 0.1) is 13.8 Å². The number of hydrogen-bond acceptors (Lipinski definition) is 4. The second kappa shape index (κ2) is 8.18. The van der Waals surface area contributed by atoms with Gasteiger partial charge in [0.25, 0.3) is 0 Å². The molecule has 0 fully saturated rings. The molecule has 3 rings (SSSR count). The van der Waals surface area contributed by atoms with E-state index < -0.39 is 0 Å². The molecule has 2 N–H and O–H groups in total. The minimum Gasteiger partial charge on any atom is -0.465 e. The lowest BCUT2D eigenvalue weighted by molar-refractivity contribution is 0.0601. The van der Waals surface area contributed by atoms with E-state index in [1.54, 1.807) is 11.3 Å². The van der Waals surface area contributed by atoms with E-state index in [1.807, 2.05) is 19.1 Å². The molecule has 138 valence electrons. The Morgan fingerprint density at radius 1 is 1.15 bits per heavy atom. The van der Waals surface area contributed by atoms with Gasteiger partial charge in [0.2, 0.25) is 0 Å². The summed E-state index contributed by atoms with van der Waals surface area (Å²) in [6, 6.07) is 6.17. The van der Waals surface area contributed by atoms with Gasteiger partial charge < -0.3 is 15.4 Å². The van der Waals surface area contributed by atoms with Crippen LogP contribution >= 0.6 is 23.6 Å². The number of hydrogen-bond donors (Lipinski definition) is 2. The number of fused-ring (bicyclic) bond motifs is 1. The molecule has 0 aliphatic heterocycles. The van der Waals surface area contributed by atoms with Crippen molar-refractivity contribution >= 4 is 45.3 Å². The zero-order valence-corrected chi connectivity index (χ0v) is 17.0. The lowest BCUT2D eigenvalue weighted by atomic mass is 10.1. The van der Waals surface area contributed by atoms with Crippen molar-refractivity contribution < 1.29 is 9.53 Å². The Bertz CT molecular complexity index is 843. The fraction of sp³-hybridized carbons (Fsp3) is 0.400. The molecule has 6 heteroatoms. The summed E-state index contributed by atoms with van der Waals surface area (Å²) in [6.45, 7) is 4.11. The number of nitrogens with one attached hydrogen (secondary N) is 2. The molecule has 0 saturated carbocycles. The first-order valence-corrected chi connectivity index (χ1v) is 10.1. The van der Waals surface area contributed by atoms with Crippen LogP contribution in [-0.4, -0.2) is 18.2 Å². The second-order valence-electron chi connectivity index (χ2n) is 6.66. The lowest BCUT2D eigenvalue weighted by Crippen LogP contribution is -2.20. The Morgan fingerprint density at radius 2 is 1.92 bits per heavy atom. The Morgan fingerprint density at radius 3 is 2.65 bits per heavy atom. The number of carbonyl (C=O) groups excluding carboxylic acids is 1. The first-order valence-electron chi connectivity index (χ1n) is 8.87. The molecule has 0 unspecified atom stereocenters. The van der Waals surface area contributed by atoms with E-state index in [0.29, 0.717) is 10.7 Å². The summed E-state index contributed by atoms with van der Waals surface area (Å²) >= 11 is 7.12. The molecule has 1 aromatic heterocycles. The molecule has 1 aliphatic rings. The summed E-state index contributed by atoms with van der Waals surface area (Å²) in [6.07, 6.45) is 5.42. The van der Waals surface area contributed by atoms with Gasteiger partial charge in [0.15, 0.2) is 5.11 Å². The SMILES string of the molecule is COC(=O)c1c(NC(=S)Nc2ccc(C)cc2C)sc2c1CCCCC2. The Balaban J connectivity index is 1.84. The summed E-state index contributed by atoms with van der Waals surface area (Å²) in [5.41, 5.74) is 5.09. The normalized spacial score (nSPS) is 13.5. The van der Waals surface area contributed by atoms with Crippen molar-refractivity contribution in [1.29, 1.82) is 0 Å². The summed E-state index contributed by atoms with van der Waals surface area (Å²) in [4.78, 5) is 13.7. The van der Waals surface area contributed by atoms with Crippen molar-refractivity contribution in [3.05, 3.63) is 45.3 Å². The number of esters is 1. The number of methoxy groups -OCH3 is 1. The van der Waals surface area contributed by atoms with Crippen LogP contribution in [0.3, 0.4) is 0 Å². The number of ether oxygens (including phenoxy) is 1. The highest BCUT2D eigenvalue weighted by Crippen LogP contribution is 2.38. The molecule has 0 bridgehead atoms. The average molecular weight is 389 g/mol. The molecule has 0 atom stereocenters. The molecule has 0 radical (unpaired) electrons. The van der Waals surface area contributed by atoms with E-state index >= 15 is 0 Å². The highest BCUT2D eigenvalue weighted by Gasteiger charge is 2.25. The van der Waals surface area contributed by atoms with Gasteiger partial charge in [-0.05, 0) is 68.9 Å². The van der Waals surface area contributed by atoms with Crippen molar-refractivity contribution in [2.45, 2.75) is 46.0 Å². The maximum absolute atomic E-state index is 12.4. The highest BCUT2D eigenvalue weighted by molar-refractivity contribution is 7.80. The van der Waals surface area contributed by atoms with Crippen molar-refractivity contribution in [3.63, 3.8) is 0 Å². The molecular formula is C20H24N2O2S2. The van der Waals surface area contributed by atoms with Gasteiger partial charge >= 0.3 is 5.97 Å². The monoisotopic (exact) mass is 388 g/mol. The first kappa shape index (κ1) is 18.9. The fourth-order valence-corrected chi connectivity index (χ4v) is 4.92. The van der Waals surface area contributed by atoms with Gasteiger partial charge in [-0.15, -0.1) is 11.3 Å². The number of thiophene rings is 1. The van der Waals surface area contributed by atoms with Crippen LogP contribution in [0.1, 0.15) is 51.2 Å². The van der Waals surface area contributed by atoms with Gasteiger partial charge in [-0.25, -0.2) is 4.79 Å². The van der Waals surface area contributed by atoms with Crippen LogP contribution in [0.15, 0.2) is 18.2 Å². The average Bonchev–Trinajstić information content (AvgIpc) is 2.77. The van der Waals surface area contributed by atoms with E-state index in [-0.39, 0.29) is 5.97 Å². The second-order valence-corrected chi connectivity index (χ2v) is 8.17. The quantitative estimate of drug-likeness (QED) is 0.428. The highest BCUT2D eigenvalue weighted by atomic mass is 32.1. The largest absolute Gasteiger partial charge is 0.465 e. The number of carbonyl (C=O) groups is 1. The van der Waals surface area contributed by atoms with E-state index in [0.717, 1.165) is 41.1 Å². The predicted molar refractivity (Wildman–Crippen MR) is 113 cm³/mol. The number of aryl methyl sites for hydroxylation is 3. The molecule has 0 saturated heterocycles. The number of rotatable bonds is 3. The summed E-state index contributed by atoms with van der Waals surface area (Å²) in [5, 5.41) is 7.74. The molecule has 2 aromatic rings. The molecule has 1 aliphatic carbocycles. The van der Waals surface area contributed by atoms with Crippen LogP contribution in [0.25, 0.3) is 0 Å². The molecule has 0 amide bonds. The maximum atomic E-state index is 12.4. The van der Waals surface area contributed by atoms with Gasteiger partial charge in [-0.3, -0.25) is 0 Å². The van der Waals surface area contributed by atoms with Crippen LogP contribution in [0.5, 0.6) is 0 Å². The van der Waals surface area contributed by atoms with Crippen LogP contribution in [-0.2, 0) is 17.6 Å². The predicted octanol–water partition coefficient (Wildman–Crippen LogP) is 5.23. The summed E-state index contributed by atoms with van der Waals surface area (Å²) < 4.78 is 5.04. The maximum Gasteiger partial charge on any atom is 0.341 e. The molecule has 1 aromatic carbocycles. The number of thiocarbonyl (C=S) groups is 1. The lowest BCUT2D eigenvalue weighted by Gasteiger charge is -2.13. The van der Waals surface area contributed by atoms with E-state index in [1.165, 1.54) is 30.4 Å². The van der Waals surface area contributed by atoms with Crippen molar-refractivity contribution in [3.8, 4) is 0 Å². The Hall–Kier alpha value is -1.92. The minimum atomic E-state index is -0.291. The topological polar surface area (TPSA) is 50.4 Å². The van der Waals surface area contributed by atoms with Crippen LogP contribution < -0.4 is 10.6 Å². The standard InChI is InChI=1S/C20H24N2O2S2/c1-12-9-10-15(13(2)11-12)21-20(25)22-18-17(19(23)24-3)14-7-5-4-6-8-16(14)26-18/h9-11H,4-8H2,1-3H3,(H2,21,22,25). The zero-order chi connectivity index (χ0) is 18.7. The van der Waals surface area contributed by atoms with Crippen LogP contribution in [0.4, 0.5) is 10.7 Å². The Labute approximate surface area is 164 Å². The summed E-state index contributed by atoms with van der Waals surface area (Å²) in [7, 11) is 1.43. The van der Waals surface area contributed by atoms with Gasteiger partial charge in [-0.1, -0.05) is 24.1 Å². The van der Waals surface area contributed by atoms with E-state index in [9.17, 15) is 4.79 Å².